The second kappa shape index (κ2) is 11.6. The van der Waals surface area contributed by atoms with E-state index in [4.69, 9.17) is 9.15 Å². The Balaban J connectivity index is 1.35. The second-order valence-corrected chi connectivity index (χ2v) is 8.80. The monoisotopic (exact) mass is 478 g/mol. The number of nitrogens with zero attached hydrogens (tertiary/aromatic N) is 2. The number of carbonyl (C=O) groups is 3. The van der Waals surface area contributed by atoms with Gasteiger partial charge in [-0.15, -0.1) is 0 Å². The molecule has 9 heteroatoms. The molecule has 1 amide bonds. The van der Waals surface area contributed by atoms with E-state index in [1.165, 1.54) is 44.4 Å². The summed E-state index contributed by atoms with van der Waals surface area (Å²) >= 11 is 0. The fourth-order valence-corrected chi connectivity index (χ4v) is 4.08. The Morgan fingerprint density at radius 2 is 1.86 bits per heavy atom. The van der Waals surface area contributed by atoms with Gasteiger partial charge in [0.1, 0.15) is 28.5 Å². The van der Waals surface area contributed by atoms with Crippen molar-refractivity contribution >= 4 is 34.6 Å². The van der Waals surface area contributed by atoms with Crippen LogP contribution in [0.25, 0.3) is 11.1 Å². The fraction of sp³-hybridized carbons (Fsp3) is 0.423. The van der Waals surface area contributed by atoms with Crippen molar-refractivity contribution in [3.63, 3.8) is 0 Å². The molecule has 184 valence electrons. The summed E-state index contributed by atoms with van der Waals surface area (Å²) in [5, 5.41) is 5.81. The zero-order valence-corrected chi connectivity index (χ0v) is 19.8. The van der Waals surface area contributed by atoms with Crippen LogP contribution in [0.2, 0.25) is 0 Å². The molecule has 1 aliphatic rings. The Kier molecular flexibility index (Phi) is 8.07. The number of aromatic nitrogens is 2. The highest BCUT2D eigenvalue weighted by molar-refractivity contribution is 6.02. The first-order valence-corrected chi connectivity index (χ1v) is 12.1. The SMILES string of the molecule is CCC(=O)CC(=O)CNC(=O)c1cc(Oc2ccc3nc(NCC4CCCCC4)oc3c2)ccn1. The van der Waals surface area contributed by atoms with Crippen molar-refractivity contribution in [2.75, 3.05) is 18.4 Å². The van der Waals surface area contributed by atoms with Crippen molar-refractivity contribution in [1.82, 2.24) is 15.3 Å². The van der Waals surface area contributed by atoms with E-state index in [-0.39, 0.29) is 30.2 Å². The maximum absolute atomic E-state index is 12.4. The van der Waals surface area contributed by atoms with Gasteiger partial charge in [0.2, 0.25) is 0 Å². The Labute approximate surface area is 203 Å². The van der Waals surface area contributed by atoms with Crippen molar-refractivity contribution in [3.05, 3.63) is 42.2 Å². The molecular weight excluding hydrogens is 448 g/mol. The molecule has 1 saturated carbocycles. The van der Waals surface area contributed by atoms with Gasteiger partial charge in [-0.25, -0.2) is 0 Å². The van der Waals surface area contributed by atoms with Crippen LogP contribution in [0.1, 0.15) is 62.4 Å². The number of nitrogens with one attached hydrogen (secondary N) is 2. The number of hydrogen-bond acceptors (Lipinski definition) is 8. The molecule has 9 nitrogen and oxygen atoms in total. The molecule has 0 aliphatic heterocycles. The fourth-order valence-electron chi connectivity index (χ4n) is 4.08. The number of ether oxygens (including phenoxy) is 1. The standard InChI is InChI=1S/C26H30N4O5/c1-2-18(31)12-19(32)16-28-25(33)23-13-21(10-11-27-23)34-20-8-9-22-24(14-20)35-26(30-22)29-15-17-6-4-3-5-7-17/h8-11,13-14,17H,2-7,12,15-16H2,1H3,(H,28,33)(H,29,30). The number of fused-ring (bicyclic) bond motifs is 1. The average Bonchev–Trinajstić information content (AvgIpc) is 3.29. The summed E-state index contributed by atoms with van der Waals surface area (Å²) in [5.41, 5.74) is 1.43. The van der Waals surface area contributed by atoms with Crippen molar-refractivity contribution in [2.24, 2.45) is 5.92 Å². The summed E-state index contributed by atoms with van der Waals surface area (Å²) in [6.07, 6.45) is 7.94. The number of ketones is 2. The van der Waals surface area contributed by atoms with Gasteiger partial charge in [0.05, 0.1) is 13.0 Å². The first-order valence-electron chi connectivity index (χ1n) is 12.1. The number of amides is 1. The maximum Gasteiger partial charge on any atom is 0.295 e. The molecule has 2 N–H and O–H groups in total. The maximum atomic E-state index is 12.4. The Bertz CT molecular complexity index is 1200. The summed E-state index contributed by atoms with van der Waals surface area (Å²) in [6.45, 7) is 2.33. The molecule has 2 heterocycles. The summed E-state index contributed by atoms with van der Waals surface area (Å²) in [7, 11) is 0. The van der Waals surface area contributed by atoms with Crippen LogP contribution in [0.3, 0.4) is 0 Å². The van der Waals surface area contributed by atoms with Crippen LogP contribution in [0, 0.1) is 5.92 Å². The summed E-state index contributed by atoms with van der Waals surface area (Å²) < 4.78 is 11.7. The van der Waals surface area contributed by atoms with Gasteiger partial charge < -0.3 is 19.8 Å². The van der Waals surface area contributed by atoms with E-state index in [1.807, 2.05) is 6.07 Å². The lowest BCUT2D eigenvalue weighted by Crippen LogP contribution is -2.30. The molecule has 2 aromatic heterocycles. The number of hydrogen-bond donors (Lipinski definition) is 2. The van der Waals surface area contributed by atoms with Gasteiger partial charge in [-0.05, 0) is 37.0 Å². The Hall–Kier alpha value is -3.75. The van der Waals surface area contributed by atoms with Crippen molar-refractivity contribution < 1.29 is 23.5 Å². The minimum Gasteiger partial charge on any atom is -0.457 e. The second-order valence-electron chi connectivity index (χ2n) is 8.80. The Morgan fingerprint density at radius 1 is 1.06 bits per heavy atom. The molecule has 1 aromatic carbocycles. The van der Waals surface area contributed by atoms with Gasteiger partial charge >= 0.3 is 0 Å². The smallest absolute Gasteiger partial charge is 0.295 e. The van der Waals surface area contributed by atoms with Gasteiger partial charge in [0, 0.05) is 31.3 Å². The van der Waals surface area contributed by atoms with Gasteiger partial charge in [0.25, 0.3) is 11.9 Å². The number of Topliss-reactive ketones (excluding diaryl/α,β-unsaturated/α-hetero) is 2. The molecule has 35 heavy (non-hydrogen) atoms. The number of rotatable bonds is 11. The van der Waals surface area contributed by atoms with Crippen LogP contribution in [-0.4, -0.2) is 40.5 Å². The molecule has 1 fully saturated rings. The topological polar surface area (TPSA) is 123 Å². The molecule has 3 aromatic rings. The van der Waals surface area contributed by atoms with Gasteiger partial charge in [-0.3, -0.25) is 19.4 Å². The summed E-state index contributed by atoms with van der Waals surface area (Å²) in [4.78, 5) is 44.1. The molecule has 4 rings (SSSR count). The predicted molar refractivity (Wildman–Crippen MR) is 131 cm³/mol. The lowest BCUT2D eigenvalue weighted by molar-refractivity contribution is -0.126. The lowest BCUT2D eigenvalue weighted by atomic mass is 9.89. The third kappa shape index (κ3) is 6.88. The zero-order valence-electron chi connectivity index (χ0n) is 19.8. The van der Waals surface area contributed by atoms with Crippen molar-refractivity contribution in [2.45, 2.75) is 51.9 Å². The molecular formula is C26H30N4O5. The van der Waals surface area contributed by atoms with E-state index in [9.17, 15) is 14.4 Å². The van der Waals surface area contributed by atoms with Crippen molar-refractivity contribution in [1.29, 1.82) is 0 Å². The Morgan fingerprint density at radius 3 is 2.66 bits per heavy atom. The van der Waals surface area contributed by atoms with Gasteiger partial charge in [0.15, 0.2) is 11.4 Å². The summed E-state index contributed by atoms with van der Waals surface area (Å²) in [5.74, 6) is 0.574. The molecule has 0 saturated heterocycles. The molecule has 0 unspecified atom stereocenters. The molecule has 1 aliphatic carbocycles. The number of oxazole rings is 1. The van der Waals surface area contributed by atoms with Crippen molar-refractivity contribution in [3.8, 4) is 11.5 Å². The molecule has 0 atom stereocenters. The average molecular weight is 479 g/mol. The predicted octanol–water partition coefficient (Wildman–Crippen LogP) is 4.68. The zero-order chi connectivity index (χ0) is 24.6. The highest BCUT2D eigenvalue weighted by Gasteiger charge is 2.16. The number of carbonyl (C=O) groups excluding carboxylic acids is 3. The van der Waals surface area contributed by atoms with Crippen LogP contribution >= 0.6 is 0 Å². The van der Waals surface area contributed by atoms with Crippen LogP contribution in [0.4, 0.5) is 6.01 Å². The van der Waals surface area contributed by atoms with E-state index in [2.05, 4.69) is 20.6 Å². The first kappa shape index (κ1) is 24.4. The quantitative estimate of drug-likeness (QED) is 0.381. The lowest BCUT2D eigenvalue weighted by Gasteiger charge is -2.21. The largest absolute Gasteiger partial charge is 0.457 e. The van der Waals surface area contributed by atoms with Crippen LogP contribution in [0.5, 0.6) is 11.5 Å². The highest BCUT2D eigenvalue weighted by atomic mass is 16.5. The minimum absolute atomic E-state index is 0.104. The van der Waals surface area contributed by atoms with E-state index in [1.54, 1.807) is 25.1 Å². The first-order chi connectivity index (χ1) is 17.0. The third-order valence-corrected chi connectivity index (χ3v) is 6.06. The van der Waals surface area contributed by atoms with Gasteiger partial charge in [-0.1, -0.05) is 26.2 Å². The van der Waals surface area contributed by atoms with Gasteiger partial charge in [-0.2, -0.15) is 4.98 Å². The molecule has 0 spiro atoms. The minimum atomic E-state index is -0.521. The molecule has 0 bridgehead atoms. The van der Waals surface area contributed by atoms with E-state index in [0.29, 0.717) is 35.4 Å². The summed E-state index contributed by atoms with van der Waals surface area (Å²) in [6, 6.07) is 8.96. The third-order valence-electron chi connectivity index (χ3n) is 6.06. The number of benzene rings is 1. The highest BCUT2D eigenvalue weighted by Crippen LogP contribution is 2.28. The van der Waals surface area contributed by atoms with E-state index in [0.717, 1.165) is 12.1 Å². The normalized spacial score (nSPS) is 14.0. The number of anilines is 1. The number of pyridine rings is 1. The molecule has 0 radical (unpaired) electrons. The van der Waals surface area contributed by atoms with E-state index >= 15 is 0 Å². The van der Waals surface area contributed by atoms with Crippen LogP contribution in [-0.2, 0) is 9.59 Å². The van der Waals surface area contributed by atoms with Crippen LogP contribution < -0.4 is 15.4 Å². The van der Waals surface area contributed by atoms with Crippen LogP contribution in [0.15, 0.2) is 40.9 Å². The van der Waals surface area contributed by atoms with E-state index < -0.39 is 5.91 Å².